The average Bonchev–Trinajstić information content (AvgIpc) is 2.70. The number of hydrogen-bond acceptors (Lipinski definition) is 4. The maximum Gasteiger partial charge on any atom is 0.162 e. The Balaban J connectivity index is 1.91. The van der Waals surface area contributed by atoms with Gasteiger partial charge in [0.05, 0.1) is 7.11 Å². The molecule has 0 aliphatic heterocycles. The summed E-state index contributed by atoms with van der Waals surface area (Å²) >= 11 is 9.70. The van der Waals surface area contributed by atoms with Crippen LogP contribution in [0.3, 0.4) is 0 Å². The molecule has 0 aliphatic rings. The van der Waals surface area contributed by atoms with Gasteiger partial charge >= 0.3 is 0 Å². The largest absolute Gasteiger partial charge is 0.493 e. The van der Waals surface area contributed by atoms with Crippen LogP contribution in [0.5, 0.6) is 11.5 Å². The van der Waals surface area contributed by atoms with Crippen molar-refractivity contribution in [3.8, 4) is 11.5 Å². The Hall–Kier alpha value is -1.27. The molecule has 0 heterocycles. The summed E-state index contributed by atoms with van der Waals surface area (Å²) in [6.07, 6.45) is 1.14. The Kier molecular flexibility index (Phi) is 10.1. The zero-order chi connectivity index (χ0) is 20.4. The second-order valence-electron chi connectivity index (χ2n) is 6.57. The van der Waals surface area contributed by atoms with Gasteiger partial charge in [-0.15, -0.1) is 0 Å². The van der Waals surface area contributed by atoms with Gasteiger partial charge in [-0.3, -0.25) is 0 Å². The van der Waals surface area contributed by atoms with Gasteiger partial charge in [-0.2, -0.15) is 0 Å². The molecule has 0 unspecified atom stereocenters. The summed E-state index contributed by atoms with van der Waals surface area (Å²) in [6.45, 7) is 9.95. The summed E-state index contributed by atoms with van der Waals surface area (Å²) < 4.78 is 12.5. The van der Waals surface area contributed by atoms with Crippen LogP contribution in [0.15, 0.2) is 40.9 Å². The molecule has 4 nitrogen and oxygen atoms in total. The van der Waals surface area contributed by atoms with E-state index in [1.165, 1.54) is 0 Å². The van der Waals surface area contributed by atoms with Crippen molar-refractivity contribution in [3.63, 3.8) is 0 Å². The molecule has 1 N–H and O–H groups in total. The summed E-state index contributed by atoms with van der Waals surface area (Å²) in [6, 6.07) is 11.7. The van der Waals surface area contributed by atoms with Crippen molar-refractivity contribution >= 4 is 27.5 Å². The molecule has 0 atom stereocenters. The van der Waals surface area contributed by atoms with E-state index < -0.39 is 0 Å². The predicted octanol–water partition coefficient (Wildman–Crippen LogP) is 5.51. The quantitative estimate of drug-likeness (QED) is 0.415. The van der Waals surface area contributed by atoms with Crippen LogP contribution in [0.25, 0.3) is 0 Å². The molecule has 0 saturated carbocycles. The van der Waals surface area contributed by atoms with Crippen molar-refractivity contribution in [2.75, 3.05) is 33.3 Å². The van der Waals surface area contributed by atoms with E-state index in [0.717, 1.165) is 60.5 Å². The standard InChI is InChI=1S/C22H30BrClN2O2/c1-4-26(5-2)11-7-10-25-15-18-13-21(27-3)22(14-20(18)23)28-16-17-8-6-9-19(24)12-17/h6,8-9,12-14,25H,4-5,7,10-11,15-16H2,1-3H3. The van der Waals surface area contributed by atoms with E-state index in [4.69, 9.17) is 21.1 Å². The predicted molar refractivity (Wildman–Crippen MR) is 121 cm³/mol. The molecule has 0 fully saturated rings. The average molecular weight is 470 g/mol. The zero-order valence-corrected chi connectivity index (χ0v) is 19.3. The molecule has 2 aromatic carbocycles. The normalized spacial score (nSPS) is 11.1. The maximum absolute atomic E-state index is 6.04. The number of nitrogens with one attached hydrogen (secondary N) is 1. The molecule has 0 amide bonds. The molecule has 2 rings (SSSR count). The van der Waals surface area contributed by atoms with Crippen LogP contribution < -0.4 is 14.8 Å². The number of hydrogen-bond donors (Lipinski definition) is 1. The molecular formula is C22H30BrClN2O2. The minimum absolute atomic E-state index is 0.437. The van der Waals surface area contributed by atoms with Gasteiger partial charge in [0.15, 0.2) is 11.5 Å². The van der Waals surface area contributed by atoms with Gasteiger partial charge in [0, 0.05) is 16.0 Å². The van der Waals surface area contributed by atoms with Crippen molar-refractivity contribution in [3.05, 3.63) is 57.0 Å². The van der Waals surface area contributed by atoms with Gasteiger partial charge in [0.2, 0.25) is 0 Å². The third-order valence-corrected chi connectivity index (χ3v) is 5.63. The van der Waals surface area contributed by atoms with Crippen LogP contribution in [0.2, 0.25) is 5.02 Å². The van der Waals surface area contributed by atoms with Crippen LogP contribution in [0.1, 0.15) is 31.4 Å². The van der Waals surface area contributed by atoms with E-state index in [1.54, 1.807) is 7.11 Å². The van der Waals surface area contributed by atoms with Gasteiger partial charge in [-0.25, -0.2) is 0 Å². The van der Waals surface area contributed by atoms with Crippen LogP contribution >= 0.6 is 27.5 Å². The maximum atomic E-state index is 6.04. The number of ether oxygens (including phenoxy) is 2. The summed E-state index contributed by atoms with van der Waals surface area (Å²) in [5.74, 6) is 1.44. The van der Waals surface area contributed by atoms with Crippen LogP contribution in [0, 0.1) is 0 Å². The summed E-state index contributed by atoms with van der Waals surface area (Å²) in [5, 5.41) is 4.22. The lowest BCUT2D eigenvalue weighted by atomic mass is 10.2. The van der Waals surface area contributed by atoms with Gasteiger partial charge in [0.1, 0.15) is 6.61 Å². The van der Waals surface area contributed by atoms with E-state index >= 15 is 0 Å². The van der Waals surface area contributed by atoms with Crippen molar-refractivity contribution in [2.24, 2.45) is 0 Å². The second-order valence-corrected chi connectivity index (χ2v) is 7.86. The molecule has 0 bridgehead atoms. The third kappa shape index (κ3) is 7.28. The fourth-order valence-corrected chi connectivity index (χ4v) is 3.64. The Bertz CT molecular complexity index is 738. The van der Waals surface area contributed by atoms with Crippen molar-refractivity contribution in [2.45, 2.75) is 33.4 Å². The topological polar surface area (TPSA) is 33.7 Å². The highest BCUT2D eigenvalue weighted by atomic mass is 79.9. The molecule has 0 aromatic heterocycles. The van der Waals surface area contributed by atoms with E-state index in [-0.39, 0.29) is 0 Å². The Morgan fingerprint density at radius 3 is 2.57 bits per heavy atom. The number of benzene rings is 2. The number of nitrogens with zero attached hydrogens (tertiary/aromatic N) is 1. The molecule has 6 heteroatoms. The third-order valence-electron chi connectivity index (χ3n) is 4.65. The van der Waals surface area contributed by atoms with Crippen molar-refractivity contribution in [1.82, 2.24) is 10.2 Å². The van der Waals surface area contributed by atoms with E-state index in [2.05, 4.69) is 40.0 Å². The summed E-state index contributed by atoms with van der Waals surface area (Å²) in [4.78, 5) is 2.44. The first kappa shape index (κ1) is 23.0. The first-order valence-corrected chi connectivity index (χ1v) is 10.9. The molecular weight excluding hydrogens is 440 g/mol. The zero-order valence-electron chi connectivity index (χ0n) is 16.9. The van der Waals surface area contributed by atoms with Crippen molar-refractivity contribution < 1.29 is 9.47 Å². The minimum atomic E-state index is 0.437. The molecule has 154 valence electrons. The fourth-order valence-electron chi connectivity index (χ4n) is 2.96. The summed E-state index contributed by atoms with van der Waals surface area (Å²) in [7, 11) is 1.66. The molecule has 0 saturated heterocycles. The van der Waals surface area contributed by atoms with Gasteiger partial charge in [0.25, 0.3) is 0 Å². The van der Waals surface area contributed by atoms with Crippen LogP contribution in [-0.4, -0.2) is 38.2 Å². The monoisotopic (exact) mass is 468 g/mol. The van der Waals surface area contributed by atoms with E-state index in [1.807, 2.05) is 36.4 Å². The lowest BCUT2D eigenvalue weighted by Crippen LogP contribution is -2.27. The first-order valence-electron chi connectivity index (χ1n) is 9.74. The number of halogens is 2. The van der Waals surface area contributed by atoms with Gasteiger partial charge < -0.3 is 19.7 Å². The highest BCUT2D eigenvalue weighted by Gasteiger charge is 2.11. The smallest absolute Gasteiger partial charge is 0.162 e. The first-order chi connectivity index (χ1) is 13.6. The van der Waals surface area contributed by atoms with Crippen LogP contribution in [-0.2, 0) is 13.2 Å². The Labute approximate surface area is 182 Å². The fraction of sp³-hybridized carbons (Fsp3) is 0.455. The highest BCUT2D eigenvalue weighted by Crippen LogP contribution is 2.34. The van der Waals surface area contributed by atoms with Crippen LogP contribution in [0.4, 0.5) is 0 Å². The van der Waals surface area contributed by atoms with Gasteiger partial charge in [-0.05, 0) is 68.0 Å². The molecule has 2 aromatic rings. The van der Waals surface area contributed by atoms with E-state index in [9.17, 15) is 0 Å². The Morgan fingerprint density at radius 2 is 1.89 bits per heavy atom. The number of rotatable bonds is 12. The molecule has 0 spiro atoms. The number of methoxy groups -OCH3 is 1. The molecule has 28 heavy (non-hydrogen) atoms. The highest BCUT2D eigenvalue weighted by molar-refractivity contribution is 9.10. The summed E-state index contributed by atoms with van der Waals surface area (Å²) in [5.41, 5.74) is 2.17. The SMILES string of the molecule is CCN(CC)CCCNCc1cc(OC)c(OCc2cccc(Cl)c2)cc1Br. The van der Waals surface area contributed by atoms with Crippen molar-refractivity contribution in [1.29, 1.82) is 0 Å². The lowest BCUT2D eigenvalue weighted by molar-refractivity contribution is 0.284. The van der Waals surface area contributed by atoms with Gasteiger partial charge in [-0.1, -0.05) is 53.5 Å². The van der Waals surface area contributed by atoms with E-state index in [0.29, 0.717) is 17.4 Å². The Morgan fingerprint density at radius 1 is 1.11 bits per heavy atom. The minimum Gasteiger partial charge on any atom is -0.493 e. The molecule has 0 aliphatic carbocycles. The second kappa shape index (κ2) is 12.3. The molecule has 0 radical (unpaired) electrons. The lowest BCUT2D eigenvalue weighted by Gasteiger charge is -2.18.